The highest BCUT2D eigenvalue weighted by Gasteiger charge is 2.46. The van der Waals surface area contributed by atoms with Gasteiger partial charge in [-0.1, -0.05) is 6.07 Å². The highest BCUT2D eigenvalue weighted by atomic mass is 31.3. The Bertz CT molecular complexity index is 1100. The van der Waals surface area contributed by atoms with Crippen molar-refractivity contribution in [2.75, 3.05) is 12.3 Å². The number of nitrogens with zero attached hydrogens (tertiary/aromatic N) is 1. The summed E-state index contributed by atoms with van der Waals surface area (Å²) < 4.78 is 52.4. The molecule has 0 amide bonds. The number of ether oxygens (including phenoxy) is 1. The van der Waals surface area contributed by atoms with E-state index in [1.54, 1.807) is 30.5 Å². The molecule has 1 aliphatic heterocycles. The van der Waals surface area contributed by atoms with Crippen molar-refractivity contribution < 1.29 is 61.4 Å². The maximum Gasteiger partial charge on any atom is 0.490 e. The molecule has 0 radical (unpaired) electrons. The third-order valence-corrected chi connectivity index (χ3v) is 8.03. The number of aliphatic hydroxyl groups excluding tert-OH is 2. The van der Waals surface area contributed by atoms with Gasteiger partial charge in [-0.3, -0.25) is 4.52 Å². The van der Waals surface area contributed by atoms with E-state index >= 15 is 0 Å². The number of aromatic nitrogens is 1. The minimum absolute atomic E-state index is 0.466. The van der Waals surface area contributed by atoms with E-state index in [-0.39, 0.29) is 0 Å². The van der Waals surface area contributed by atoms with Gasteiger partial charge < -0.3 is 44.8 Å². The highest BCUT2D eigenvalue weighted by molar-refractivity contribution is 7.66. The van der Waals surface area contributed by atoms with Crippen molar-refractivity contribution in [1.82, 2.24) is 4.57 Å². The largest absolute Gasteiger partial charge is 0.490 e. The third kappa shape index (κ3) is 5.81. The molecule has 6 atom stereocenters. The van der Waals surface area contributed by atoms with Crippen LogP contribution in [0.4, 0.5) is 5.69 Å². The van der Waals surface area contributed by atoms with E-state index in [0.29, 0.717) is 16.6 Å². The van der Waals surface area contributed by atoms with E-state index < -0.39 is 54.6 Å². The first kappa shape index (κ1) is 24.5. The van der Waals surface area contributed by atoms with Crippen LogP contribution >= 0.6 is 23.5 Å². The molecule has 3 rings (SSSR count). The second kappa shape index (κ2) is 8.65. The summed E-state index contributed by atoms with van der Waals surface area (Å²) in [5.41, 5.74) is 6.92. The number of phosphoric ester groups is 1. The van der Waals surface area contributed by atoms with Crippen LogP contribution in [0, 0.1) is 0 Å². The molecule has 174 valence electrons. The average molecular weight is 504 g/mol. The van der Waals surface area contributed by atoms with Crippen LogP contribution in [0.3, 0.4) is 0 Å². The fraction of sp³-hybridized carbons (Fsp3) is 0.385. The molecule has 18 heteroatoms. The zero-order valence-corrected chi connectivity index (χ0v) is 18.0. The van der Waals surface area contributed by atoms with Crippen LogP contribution in [0.2, 0.25) is 0 Å². The van der Waals surface area contributed by atoms with Gasteiger partial charge in [-0.25, -0.2) is 13.7 Å². The molecule has 1 aliphatic rings. The van der Waals surface area contributed by atoms with E-state index in [9.17, 15) is 28.8 Å². The molecule has 0 bridgehead atoms. The van der Waals surface area contributed by atoms with Gasteiger partial charge in [0.25, 0.3) is 0 Å². The molecule has 1 fully saturated rings. The summed E-state index contributed by atoms with van der Waals surface area (Å²) in [6.07, 6.45) is -4.07. The minimum atomic E-state index is -5.68. The van der Waals surface area contributed by atoms with Crippen molar-refractivity contribution in [2.45, 2.75) is 24.5 Å². The fourth-order valence-electron chi connectivity index (χ4n) is 3.00. The second-order valence-corrected chi connectivity index (χ2v) is 10.9. The molecule has 8 N–H and O–H groups in total. The average Bonchev–Trinajstić information content (AvgIpc) is 3.13. The summed E-state index contributed by atoms with van der Waals surface area (Å²) in [4.78, 5) is 35.6. The van der Waals surface area contributed by atoms with Crippen molar-refractivity contribution in [2.24, 2.45) is 0 Å². The molecule has 1 aromatic heterocycles. The van der Waals surface area contributed by atoms with Gasteiger partial charge in [-0.2, -0.15) is 8.62 Å². The Hall–Kier alpha value is -1.15. The van der Waals surface area contributed by atoms with Crippen LogP contribution in [0.1, 0.15) is 6.23 Å². The lowest BCUT2D eigenvalue weighted by Crippen LogP contribution is -2.33. The quantitative estimate of drug-likeness (QED) is 0.188. The number of phosphoric acid groups is 3. The lowest BCUT2D eigenvalue weighted by Gasteiger charge is -2.19. The summed E-state index contributed by atoms with van der Waals surface area (Å²) in [6.45, 7) is -0.903. The van der Waals surface area contributed by atoms with Crippen LogP contribution in [0.25, 0.3) is 10.9 Å². The molecule has 0 spiro atoms. The SMILES string of the molecule is Nc1cccc2c1ccn2C1OC(COP(=O)(O)OP(=O)(O)OP(=O)(O)O)C(O)C1O. The maximum atomic E-state index is 11.8. The minimum Gasteiger partial charge on any atom is -0.398 e. The number of nitrogen functional groups attached to an aromatic ring is 1. The standard InChI is InChI=1S/C13H19N2O13P3/c14-8-2-1-3-9-7(8)4-5-15(9)13-12(17)11(16)10(26-13)6-25-30(21,22)28-31(23,24)27-29(18,19)20/h1-5,10-13,16-17H,6,14H2,(H,21,22)(H,23,24)(H2,18,19,20). The van der Waals surface area contributed by atoms with Crippen LogP contribution < -0.4 is 5.73 Å². The van der Waals surface area contributed by atoms with Gasteiger partial charge in [-0.05, 0) is 18.2 Å². The summed E-state index contributed by atoms with van der Waals surface area (Å²) >= 11 is 0. The normalized spacial score (nSPS) is 28.5. The van der Waals surface area contributed by atoms with Crippen molar-refractivity contribution in [3.05, 3.63) is 30.5 Å². The Kier molecular flexibility index (Phi) is 6.84. The molecule has 1 aromatic carbocycles. The number of fused-ring (bicyclic) bond motifs is 1. The summed E-state index contributed by atoms with van der Waals surface area (Å²) in [6, 6.07) is 6.68. The number of rotatable bonds is 8. The van der Waals surface area contributed by atoms with Gasteiger partial charge in [0.05, 0.1) is 12.1 Å². The van der Waals surface area contributed by atoms with E-state index in [1.165, 1.54) is 4.57 Å². The van der Waals surface area contributed by atoms with Crippen molar-refractivity contribution >= 4 is 40.1 Å². The van der Waals surface area contributed by atoms with E-state index in [1.807, 2.05) is 0 Å². The van der Waals surface area contributed by atoms with Crippen molar-refractivity contribution in [3.8, 4) is 0 Å². The van der Waals surface area contributed by atoms with Crippen LogP contribution in [-0.2, 0) is 31.6 Å². The number of hydrogen-bond donors (Lipinski definition) is 7. The van der Waals surface area contributed by atoms with E-state index in [4.69, 9.17) is 25.2 Å². The summed E-state index contributed by atoms with van der Waals surface area (Å²) in [5, 5.41) is 21.2. The van der Waals surface area contributed by atoms with Gasteiger partial charge in [-0.15, -0.1) is 0 Å². The summed E-state index contributed by atoms with van der Waals surface area (Å²) in [7, 11) is -16.6. The number of nitrogens with two attached hydrogens (primary N) is 1. The highest BCUT2D eigenvalue weighted by Crippen LogP contribution is 2.66. The Morgan fingerprint density at radius 2 is 1.68 bits per heavy atom. The zero-order chi connectivity index (χ0) is 23.2. The first-order valence-electron chi connectivity index (χ1n) is 8.34. The van der Waals surface area contributed by atoms with Crippen molar-refractivity contribution in [3.63, 3.8) is 0 Å². The zero-order valence-electron chi connectivity index (χ0n) is 15.3. The van der Waals surface area contributed by atoms with E-state index in [0.717, 1.165) is 0 Å². The molecule has 6 unspecified atom stereocenters. The number of hydrogen-bond acceptors (Lipinski definition) is 10. The van der Waals surface area contributed by atoms with Crippen molar-refractivity contribution in [1.29, 1.82) is 0 Å². The fourth-order valence-corrected chi connectivity index (χ4v) is 6.03. The Labute approximate surface area is 174 Å². The molecular formula is C13H19N2O13P3. The van der Waals surface area contributed by atoms with Crippen LogP contribution in [0.15, 0.2) is 30.5 Å². The molecular weight excluding hydrogens is 485 g/mol. The van der Waals surface area contributed by atoms with Gasteiger partial charge in [0.2, 0.25) is 0 Å². The second-order valence-electron chi connectivity index (χ2n) is 6.44. The molecule has 2 aromatic rings. The smallest absolute Gasteiger partial charge is 0.398 e. The Morgan fingerprint density at radius 1 is 1.00 bits per heavy atom. The molecule has 2 heterocycles. The maximum absolute atomic E-state index is 11.8. The third-order valence-electron chi connectivity index (χ3n) is 4.23. The Morgan fingerprint density at radius 3 is 2.32 bits per heavy atom. The van der Waals surface area contributed by atoms with E-state index in [2.05, 4.69) is 13.1 Å². The first-order valence-corrected chi connectivity index (χ1v) is 12.9. The Balaban J connectivity index is 1.69. The monoisotopic (exact) mass is 504 g/mol. The van der Waals surface area contributed by atoms with Gasteiger partial charge in [0.15, 0.2) is 6.23 Å². The van der Waals surface area contributed by atoms with Crippen LogP contribution in [-0.4, -0.2) is 59.3 Å². The van der Waals surface area contributed by atoms with Gasteiger partial charge in [0.1, 0.15) is 18.3 Å². The predicted octanol–water partition coefficient (Wildman–Crippen LogP) is 0.186. The number of benzene rings is 1. The topological polar surface area (TPSA) is 240 Å². The van der Waals surface area contributed by atoms with Gasteiger partial charge >= 0.3 is 23.5 Å². The molecule has 15 nitrogen and oxygen atoms in total. The molecule has 1 saturated heterocycles. The molecule has 0 saturated carbocycles. The predicted molar refractivity (Wildman–Crippen MR) is 102 cm³/mol. The first-order chi connectivity index (χ1) is 14.2. The molecule has 31 heavy (non-hydrogen) atoms. The number of aliphatic hydroxyl groups is 2. The lowest BCUT2D eigenvalue weighted by molar-refractivity contribution is -0.0498. The lowest BCUT2D eigenvalue weighted by atomic mass is 10.1. The van der Waals surface area contributed by atoms with Crippen LogP contribution in [0.5, 0.6) is 0 Å². The van der Waals surface area contributed by atoms with Gasteiger partial charge in [0, 0.05) is 17.3 Å². The summed E-state index contributed by atoms with van der Waals surface area (Å²) in [5.74, 6) is 0. The number of anilines is 1. The molecule has 0 aliphatic carbocycles.